The van der Waals surface area contributed by atoms with Crippen LogP contribution in [-0.2, 0) is 6.54 Å². The average molecular weight is 340 g/mol. The zero-order valence-electron chi connectivity index (χ0n) is 14.4. The molecule has 1 saturated heterocycles. The smallest absolute Gasteiger partial charge is 0.335 e. The summed E-state index contributed by atoms with van der Waals surface area (Å²) in [5, 5.41) is 12.7. The van der Waals surface area contributed by atoms with Gasteiger partial charge in [-0.1, -0.05) is 18.2 Å². The molecule has 0 spiro atoms. The number of nitrogens with zero attached hydrogens (tertiary/aromatic N) is 1. The Bertz CT molecular complexity index is 732. The fraction of sp³-hybridized carbons (Fsp3) is 0.350. The highest BCUT2D eigenvalue weighted by Crippen LogP contribution is 2.24. The first kappa shape index (κ1) is 17.3. The van der Waals surface area contributed by atoms with E-state index >= 15 is 0 Å². The third-order valence-electron chi connectivity index (χ3n) is 4.61. The van der Waals surface area contributed by atoms with E-state index in [2.05, 4.69) is 22.3 Å². The number of carbonyl (C=O) groups is 1. The molecule has 0 aliphatic carbocycles. The van der Waals surface area contributed by atoms with Crippen molar-refractivity contribution in [2.24, 2.45) is 0 Å². The summed E-state index contributed by atoms with van der Waals surface area (Å²) in [6.07, 6.45) is 2.25. The molecule has 0 radical (unpaired) electrons. The third kappa shape index (κ3) is 4.51. The van der Waals surface area contributed by atoms with Crippen molar-refractivity contribution in [2.45, 2.75) is 25.4 Å². The van der Waals surface area contributed by atoms with Crippen molar-refractivity contribution in [3.63, 3.8) is 0 Å². The highest BCUT2D eigenvalue weighted by atomic mass is 16.5. The summed E-state index contributed by atoms with van der Waals surface area (Å²) >= 11 is 0. The summed E-state index contributed by atoms with van der Waals surface area (Å²) in [7, 11) is 1.69. The zero-order valence-corrected chi connectivity index (χ0v) is 14.4. The number of hydrogen-bond acceptors (Lipinski definition) is 4. The van der Waals surface area contributed by atoms with Crippen LogP contribution >= 0.6 is 0 Å². The summed E-state index contributed by atoms with van der Waals surface area (Å²) in [5.41, 5.74) is 2.51. The maximum absolute atomic E-state index is 11.1. The highest BCUT2D eigenvalue weighted by Gasteiger charge is 2.20. The Morgan fingerprint density at radius 2 is 2.12 bits per heavy atom. The van der Waals surface area contributed by atoms with Gasteiger partial charge < -0.3 is 20.1 Å². The number of piperidine rings is 1. The van der Waals surface area contributed by atoms with Crippen molar-refractivity contribution < 1.29 is 14.6 Å². The summed E-state index contributed by atoms with van der Waals surface area (Å²) in [5.74, 6) is -0.0122. The van der Waals surface area contributed by atoms with Gasteiger partial charge in [0, 0.05) is 37.4 Å². The lowest BCUT2D eigenvalue weighted by Crippen LogP contribution is -2.45. The van der Waals surface area contributed by atoms with Gasteiger partial charge in [-0.2, -0.15) is 0 Å². The first-order valence-corrected chi connectivity index (χ1v) is 8.60. The van der Waals surface area contributed by atoms with E-state index in [1.807, 2.05) is 18.2 Å². The van der Waals surface area contributed by atoms with E-state index in [0.717, 1.165) is 37.2 Å². The second kappa shape index (κ2) is 8.03. The van der Waals surface area contributed by atoms with Crippen LogP contribution in [0.4, 0.5) is 5.69 Å². The van der Waals surface area contributed by atoms with Crippen molar-refractivity contribution in [3.8, 4) is 5.75 Å². The molecule has 25 heavy (non-hydrogen) atoms. The molecule has 1 fully saturated rings. The van der Waals surface area contributed by atoms with Crippen molar-refractivity contribution in [1.29, 1.82) is 0 Å². The molecule has 0 bridgehead atoms. The van der Waals surface area contributed by atoms with Crippen molar-refractivity contribution in [2.75, 3.05) is 25.1 Å². The van der Waals surface area contributed by atoms with E-state index in [0.29, 0.717) is 18.2 Å². The Hall–Kier alpha value is -2.53. The van der Waals surface area contributed by atoms with Gasteiger partial charge in [-0.25, -0.2) is 4.79 Å². The first-order valence-electron chi connectivity index (χ1n) is 8.60. The van der Waals surface area contributed by atoms with Gasteiger partial charge >= 0.3 is 5.97 Å². The summed E-state index contributed by atoms with van der Waals surface area (Å²) in [6, 6.07) is 15.6. The molecule has 0 saturated carbocycles. The molecule has 5 heteroatoms. The predicted molar refractivity (Wildman–Crippen MR) is 98.5 cm³/mol. The van der Waals surface area contributed by atoms with Gasteiger partial charge in [-0.3, -0.25) is 0 Å². The molecule has 132 valence electrons. The standard InChI is InChI=1S/C20H24N2O3/c1-25-19-9-3-8-18(12-19)22-10-4-7-17(14-22)21-13-15-5-2-6-16(11-15)20(23)24/h2-3,5-6,8-9,11-12,17,21H,4,7,10,13-14H2,1H3,(H,23,24). The molecular formula is C20H24N2O3. The molecule has 2 N–H and O–H groups in total. The minimum Gasteiger partial charge on any atom is -0.497 e. The van der Waals surface area contributed by atoms with Crippen LogP contribution in [0, 0.1) is 0 Å². The van der Waals surface area contributed by atoms with E-state index in [1.165, 1.54) is 5.69 Å². The fourth-order valence-corrected chi connectivity index (χ4v) is 3.26. The van der Waals surface area contributed by atoms with E-state index in [4.69, 9.17) is 9.84 Å². The Morgan fingerprint density at radius 1 is 1.28 bits per heavy atom. The number of hydrogen-bond donors (Lipinski definition) is 2. The van der Waals surface area contributed by atoms with Crippen LogP contribution in [0.3, 0.4) is 0 Å². The molecule has 0 amide bonds. The van der Waals surface area contributed by atoms with Crippen LogP contribution in [-0.4, -0.2) is 37.3 Å². The average Bonchev–Trinajstić information content (AvgIpc) is 2.67. The lowest BCUT2D eigenvalue weighted by molar-refractivity contribution is 0.0696. The molecule has 1 aliphatic rings. The summed E-state index contributed by atoms with van der Waals surface area (Å²) in [6.45, 7) is 2.66. The second-order valence-electron chi connectivity index (χ2n) is 6.37. The Morgan fingerprint density at radius 3 is 2.92 bits per heavy atom. The molecule has 3 rings (SSSR count). The van der Waals surface area contributed by atoms with Gasteiger partial charge in [0.1, 0.15) is 5.75 Å². The third-order valence-corrected chi connectivity index (χ3v) is 4.61. The SMILES string of the molecule is COc1cccc(N2CCCC(NCc3cccc(C(=O)O)c3)C2)c1. The Labute approximate surface area is 148 Å². The lowest BCUT2D eigenvalue weighted by atomic mass is 10.0. The molecule has 1 aliphatic heterocycles. The van der Waals surface area contributed by atoms with Crippen LogP contribution in [0.1, 0.15) is 28.8 Å². The largest absolute Gasteiger partial charge is 0.497 e. The topological polar surface area (TPSA) is 61.8 Å². The maximum Gasteiger partial charge on any atom is 0.335 e. The Kier molecular flexibility index (Phi) is 5.56. The molecule has 2 aromatic rings. The molecule has 1 unspecified atom stereocenters. The number of carboxylic acids is 1. The monoisotopic (exact) mass is 340 g/mol. The zero-order chi connectivity index (χ0) is 17.6. The lowest BCUT2D eigenvalue weighted by Gasteiger charge is -2.35. The highest BCUT2D eigenvalue weighted by molar-refractivity contribution is 5.87. The summed E-state index contributed by atoms with van der Waals surface area (Å²) in [4.78, 5) is 13.4. The number of rotatable bonds is 6. The number of nitrogens with one attached hydrogen (secondary N) is 1. The fourth-order valence-electron chi connectivity index (χ4n) is 3.26. The number of ether oxygens (including phenoxy) is 1. The van der Waals surface area contributed by atoms with Gasteiger partial charge in [0.25, 0.3) is 0 Å². The molecule has 1 atom stereocenters. The molecular weight excluding hydrogens is 316 g/mol. The van der Waals surface area contributed by atoms with Gasteiger partial charge in [0.2, 0.25) is 0 Å². The van der Waals surface area contributed by atoms with Crippen LogP contribution in [0.5, 0.6) is 5.75 Å². The molecule has 5 nitrogen and oxygen atoms in total. The van der Waals surface area contributed by atoms with Crippen LogP contribution in [0.15, 0.2) is 48.5 Å². The Balaban J connectivity index is 1.60. The van der Waals surface area contributed by atoms with Gasteiger partial charge in [-0.05, 0) is 42.7 Å². The van der Waals surface area contributed by atoms with E-state index < -0.39 is 5.97 Å². The maximum atomic E-state index is 11.1. The van der Waals surface area contributed by atoms with E-state index in [-0.39, 0.29) is 0 Å². The molecule has 1 heterocycles. The van der Waals surface area contributed by atoms with E-state index in [1.54, 1.807) is 25.3 Å². The molecule has 0 aromatic heterocycles. The number of carboxylic acid groups (broad SMARTS) is 1. The van der Waals surface area contributed by atoms with E-state index in [9.17, 15) is 4.79 Å². The van der Waals surface area contributed by atoms with Crippen molar-refractivity contribution >= 4 is 11.7 Å². The first-order chi connectivity index (χ1) is 12.2. The van der Waals surface area contributed by atoms with Gasteiger partial charge in [0.05, 0.1) is 12.7 Å². The number of methoxy groups -OCH3 is 1. The van der Waals surface area contributed by atoms with Crippen LogP contribution in [0.25, 0.3) is 0 Å². The quantitative estimate of drug-likeness (QED) is 0.846. The number of benzene rings is 2. The molecule has 2 aromatic carbocycles. The van der Waals surface area contributed by atoms with Gasteiger partial charge in [-0.15, -0.1) is 0 Å². The number of aromatic carboxylic acids is 1. The predicted octanol–water partition coefficient (Wildman–Crippen LogP) is 3.15. The second-order valence-corrected chi connectivity index (χ2v) is 6.37. The van der Waals surface area contributed by atoms with Crippen molar-refractivity contribution in [3.05, 3.63) is 59.7 Å². The van der Waals surface area contributed by atoms with Gasteiger partial charge in [0.15, 0.2) is 0 Å². The van der Waals surface area contributed by atoms with Crippen LogP contribution in [0.2, 0.25) is 0 Å². The van der Waals surface area contributed by atoms with Crippen LogP contribution < -0.4 is 15.0 Å². The van der Waals surface area contributed by atoms with Crippen molar-refractivity contribution in [1.82, 2.24) is 5.32 Å². The number of anilines is 1. The summed E-state index contributed by atoms with van der Waals surface area (Å²) < 4.78 is 5.32. The minimum absolute atomic E-state index is 0.334. The normalized spacial score (nSPS) is 17.3. The minimum atomic E-state index is -0.885.